The Kier molecular flexibility index (Phi) is 9.15. The Labute approximate surface area is 272 Å². The van der Waals surface area contributed by atoms with Crippen LogP contribution in [0.1, 0.15) is 41.6 Å². The number of nitrogens with zero attached hydrogens (tertiary/aromatic N) is 5. The number of rotatable bonds is 12. The van der Waals surface area contributed by atoms with Gasteiger partial charge in [0.2, 0.25) is 0 Å². The predicted molar refractivity (Wildman–Crippen MR) is 178 cm³/mol. The third kappa shape index (κ3) is 6.13. The van der Waals surface area contributed by atoms with E-state index in [9.17, 15) is 19.8 Å². The number of amides is 1. The summed E-state index contributed by atoms with van der Waals surface area (Å²) in [5.41, 5.74) is 2.44. The maximum atomic E-state index is 13.9. The molecule has 3 heterocycles. The van der Waals surface area contributed by atoms with Gasteiger partial charge in [0.15, 0.2) is 11.4 Å². The molecule has 1 unspecified atom stereocenters. The van der Waals surface area contributed by atoms with Gasteiger partial charge in [-0.1, -0.05) is 85.0 Å². The number of pyridine rings is 1. The first kappa shape index (κ1) is 31.7. The van der Waals surface area contributed by atoms with Crippen LogP contribution in [0.25, 0.3) is 5.69 Å². The standard InChI is InChI=1S/C37H37N5O5/c1-26(11-8-9-21-40-24-32(38-39-40)30(25-43)28-12-4-3-5-13-28)37(46)31-14-6-7-15-33(31)42(36(37)45)23-27-17-19-29(20-18-27)41-22-10-16-34(47-2)35(41)44/h3-8,10-20,22,24,26,30,43,46H,9,21,23,25H2,1-2H3/b11-8+/t26-,30?,37+/m0/s1. The molecular formula is C37H37N5O5. The highest BCUT2D eigenvalue weighted by Crippen LogP contribution is 2.45. The lowest BCUT2D eigenvalue weighted by atomic mass is 9.83. The van der Waals surface area contributed by atoms with Gasteiger partial charge in [0.1, 0.15) is 0 Å². The van der Waals surface area contributed by atoms with Crippen molar-refractivity contribution in [1.29, 1.82) is 0 Å². The lowest BCUT2D eigenvalue weighted by Gasteiger charge is -2.27. The van der Waals surface area contributed by atoms with E-state index < -0.39 is 11.5 Å². The Morgan fingerprint density at radius 3 is 2.45 bits per heavy atom. The van der Waals surface area contributed by atoms with Crippen LogP contribution in [0.5, 0.6) is 5.75 Å². The lowest BCUT2D eigenvalue weighted by molar-refractivity contribution is -0.139. The molecule has 6 rings (SSSR count). The zero-order valence-electron chi connectivity index (χ0n) is 26.3. The van der Waals surface area contributed by atoms with Gasteiger partial charge in [-0.2, -0.15) is 0 Å². The van der Waals surface area contributed by atoms with E-state index in [0.717, 1.165) is 11.1 Å². The second-order valence-electron chi connectivity index (χ2n) is 11.7. The Balaban J connectivity index is 1.13. The Morgan fingerprint density at radius 2 is 1.70 bits per heavy atom. The van der Waals surface area contributed by atoms with E-state index in [4.69, 9.17) is 4.74 Å². The van der Waals surface area contributed by atoms with E-state index in [0.29, 0.717) is 35.6 Å². The molecule has 0 spiro atoms. The predicted octanol–water partition coefficient (Wildman–Crippen LogP) is 4.58. The fourth-order valence-electron chi connectivity index (χ4n) is 6.12. The van der Waals surface area contributed by atoms with Crippen molar-refractivity contribution in [1.82, 2.24) is 19.6 Å². The number of hydrogen-bond acceptors (Lipinski definition) is 7. The van der Waals surface area contributed by atoms with Crippen molar-refractivity contribution in [2.24, 2.45) is 5.92 Å². The van der Waals surface area contributed by atoms with Crippen molar-refractivity contribution in [3.63, 3.8) is 0 Å². The third-order valence-electron chi connectivity index (χ3n) is 8.77. The first-order valence-electron chi connectivity index (χ1n) is 15.6. The van der Waals surface area contributed by atoms with Crippen molar-refractivity contribution in [3.8, 4) is 11.4 Å². The average Bonchev–Trinajstić information content (AvgIpc) is 3.65. The van der Waals surface area contributed by atoms with Gasteiger partial charge in [-0.3, -0.25) is 18.8 Å². The third-order valence-corrected chi connectivity index (χ3v) is 8.77. The van der Waals surface area contributed by atoms with Gasteiger partial charge in [-0.25, -0.2) is 0 Å². The fraction of sp³-hybridized carbons (Fsp3) is 0.243. The number of benzene rings is 3. The number of aliphatic hydroxyl groups excluding tert-OH is 1. The molecule has 2 aromatic heterocycles. The molecule has 0 bridgehead atoms. The van der Waals surface area contributed by atoms with Crippen molar-refractivity contribution in [2.75, 3.05) is 18.6 Å². The highest BCUT2D eigenvalue weighted by atomic mass is 16.5. The number of para-hydroxylation sites is 1. The summed E-state index contributed by atoms with van der Waals surface area (Å²) in [5.74, 6) is -0.894. The number of allylic oxidation sites excluding steroid dienone is 1. The quantitative estimate of drug-likeness (QED) is 0.193. The molecule has 1 amide bonds. The number of carbonyl (C=O) groups excluding carboxylic acids is 1. The van der Waals surface area contributed by atoms with Crippen LogP contribution in [0.2, 0.25) is 0 Å². The van der Waals surface area contributed by atoms with Gasteiger partial charge in [0.05, 0.1) is 37.6 Å². The van der Waals surface area contributed by atoms with E-state index in [1.54, 1.807) is 34.0 Å². The van der Waals surface area contributed by atoms with Crippen LogP contribution >= 0.6 is 0 Å². The number of aryl methyl sites for hydroxylation is 1. The molecule has 3 atom stereocenters. The maximum absolute atomic E-state index is 13.9. The minimum atomic E-state index is -1.73. The SMILES string of the molecule is COc1cccn(-c2ccc(CN3C(=O)[C@@](O)([C@@H](C)/C=C/CCn4cc(C(CO)c5ccccc5)nn4)c4ccccc43)cc2)c1=O. The highest BCUT2D eigenvalue weighted by molar-refractivity contribution is 6.07. The number of aromatic nitrogens is 4. The topological polar surface area (TPSA) is 123 Å². The van der Waals surface area contributed by atoms with Crippen molar-refractivity contribution in [2.45, 2.75) is 38.0 Å². The molecular weight excluding hydrogens is 594 g/mol. The smallest absolute Gasteiger partial charge is 0.297 e. The van der Waals surface area contributed by atoms with Gasteiger partial charge in [-0.15, -0.1) is 5.10 Å². The zero-order chi connectivity index (χ0) is 33.0. The number of ether oxygens (including phenoxy) is 1. The van der Waals surface area contributed by atoms with E-state index in [2.05, 4.69) is 10.3 Å². The number of fused-ring (bicyclic) bond motifs is 1. The Hall–Kier alpha value is -5.32. The van der Waals surface area contributed by atoms with Gasteiger partial charge < -0.3 is 19.8 Å². The van der Waals surface area contributed by atoms with Crippen LogP contribution in [0, 0.1) is 5.92 Å². The van der Waals surface area contributed by atoms with Gasteiger partial charge in [0, 0.05) is 36.1 Å². The molecule has 0 aliphatic carbocycles. The van der Waals surface area contributed by atoms with Crippen LogP contribution in [-0.4, -0.2) is 49.4 Å². The zero-order valence-corrected chi connectivity index (χ0v) is 26.3. The monoisotopic (exact) mass is 631 g/mol. The van der Waals surface area contributed by atoms with E-state index >= 15 is 0 Å². The molecule has 240 valence electrons. The largest absolute Gasteiger partial charge is 0.491 e. The number of anilines is 1. The van der Waals surface area contributed by atoms with Crippen molar-refractivity contribution < 1.29 is 19.7 Å². The normalized spacial score (nSPS) is 17.2. The van der Waals surface area contributed by atoms with Gasteiger partial charge in [-0.05, 0) is 47.9 Å². The van der Waals surface area contributed by atoms with Crippen LogP contribution in [-0.2, 0) is 23.5 Å². The molecule has 0 saturated heterocycles. The summed E-state index contributed by atoms with van der Waals surface area (Å²) in [4.78, 5) is 28.2. The molecule has 1 aliphatic rings. The van der Waals surface area contributed by atoms with E-state index in [1.807, 2.05) is 98.1 Å². The summed E-state index contributed by atoms with van der Waals surface area (Å²) in [6, 6.07) is 27.8. The molecule has 2 N–H and O–H groups in total. The molecule has 0 fully saturated rings. The molecule has 10 nitrogen and oxygen atoms in total. The molecule has 0 saturated carbocycles. The highest BCUT2D eigenvalue weighted by Gasteiger charge is 2.52. The minimum Gasteiger partial charge on any atom is -0.491 e. The number of methoxy groups -OCH3 is 1. The second kappa shape index (κ2) is 13.6. The molecule has 10 heteroatoms. The van der Waals surface area contributed by atoms with Gasteiger partial charge in [0.25, 0.3) is 11.5 Å². The van der Waals surface area contributed by atoms with Crippen LogP contribution < -0.4 is 15.2 Å². The molecule has 0 radical (unpaired) electrons. The summed E-state index contributed by atoms with van der Waals surface area (Å²) in [5, 5.41) is 30.4. The van der Waals surface area contributed by atoms with E-state index in [1.165, 1.54) is 11.7 Å². The average molecular weight is 632 g/mol. The lowest BCUT2D eigenvalue weighted by Crippen LogP contribution is -2.44. The van der Waals surface area contributed by atoms with Crippen molar-refractivity contribution >= 4 is 11.6 Å². The summed E-state index contributed by atoms with van der Waals surface area (Å²) in [6.45, 7) is 2.58. The molecule has 5 aromatic rings. The molecule has 47 heavy (non-hydrogen) atoms. The first-order valence-corrected chi connectivity index (χ1v) is 15.6. The summed E-state index contributed by atoms with van der Waals surface area (Å²) < 4.78 is 8.40. The fourth-order valence-corrected chi connectivity index (χ4v) is 6.12. The number of aliphatic hydroxyl groups is 2. The van der Waals surface area contributed by atoms with E-state index in [-0.39, 0.29) is 36.3 Å². The summed E-state index contributed by atoms with van der Waals surface area (Å²) in [6.07, 6.45) is 7.95. The Morgan fingerprint density at radius 1 is 0.957 bits per heavy atom. The minimum absolute atomic E-state index is 0.0682. The number of hydrogen-bond donors (Lipinski definition) is 2. The molecule has 1 aliphatic heterocycles. The number of carbonyl (C=O) groups is 1. The molecule has 3 aromatic carbocycles. The first-order chi connectivity index (χ1) is 22.8. The van der Waals surface area contributed by atoms with Crippen LogP contribution in [0.15, 0.2) is 120 Å². The Bertz CT molecular complexity index is 1930. The summed E-state index contributed by atoms with van der Waals surface area (Å²) >= 11 is 0. The van der Waals surface area contributed by atoms with Crippen LogP contribution in [0.3, 0.4) is 0 Å². The van der Waals surface area contributed by atoms with Gasteiger partial charge >= 0.3 is 0 Å². The maximum Gasteiger partial charge on any atom is 0.297 e. The second-order valence-corrected chi connectivity index (χ2v) is 11.7. The van der Waals surface area contributed by atoms with Crippen molar-refractivity contribution in [3.05, 3.63) is 148 Å². The van der Waals surface area contributed by atoms with Crippen LogP contribution in [0.4, 0.5) is 5.69 Å². The summed E-state index contributed by atoms with van der Waals surface area (Å²) in [7, 11) is 1.46.